The summed E-state index contributed by atoms with van der Waals surface area (Å²) in [7, 11) is 0. The van der Waals surface area contributed by atoms with Gasteiger partial charge in [0.15, 0.2) is 0 Å². The second kappa shape index (κ2) is 7.88. The van der Waals surface area contributed by atoms with E-state index in [1.54, 1.807) is 0 Å². The van der Waals surface area contributed by atoms with Crippen LogP contribution in [0.1, 0.15) is 31.2 Å². The molecule has 0 radical (unpaired) electrons. The minimum absolute atomic E-state index is 0.118. The normalized spacial score (nSPS) is 18.4. The number of hydrogen-bond donors (Lipinski definition) is 1. The third kappa shape index (κ3) is 4.79. The van der Waals surface area contributed by atoms with E-state index in [0.29, 0.717) is 5.88 Å². The number of halogens is 1. The lowest BCUT2D eigenvalue weighted by molar-refractivity contribution is 0.0466. The molecule has 0 saturated carbocycles. The Hall–Kier alpha value is -0.570. The highest BCUT2D eigenvalue weighted by molar-refractivity contribution is 6.18. The Morgan fingerprint density at radius 1 is 1.11 bits per heavy atom. The predicted molar refractivity (Wildman–Crippen MR) is 80.9 cm³/mol. The van der Waals surface area contributed by atoms with Crippen LogP contribution in [0, 0.1) is 0 Å². The van der Waals surface area contributed by atoms with Crippen LogP contribution in [-0.2, 0) is 11.2 Å². The first kappa shape index (κ1) is 14.8. The highest BCUT2D eigenvalue weighted by Crippen LogP contribution is 2.22. The molecule has 1 aromatic rings. The number of hydrogen-bond acceptors (Lipinski definition) is 2. The van der Waals surface area contributed by atoms with Gasteiger partial charge in [-0.1, -0.05) is 30.3 Å². The van der Waals surface area contributed by atoms with Crippen molar-refractivity contribution in [3.8, 4) is 0 Å². The lowest BCUT2D eigenvalue weighted by Gasteiger charge is -2.36. The maximum Gasteiger partial charge on any atom is 0.0484 e. The molecule has 0 aromatic heterocycles. The molecule has 1 aromatic carbocycles. The van der Waals surface area contributed by atoms with Crippen LogP contribution in [0.3, 0.4) is 0 Å². The van der Waals surface area contributed by atoms with Crippen molar-refractivity contribution in [3.05, 3.63) is 35.9 Å². The number of benzene rings is 1. The van der Waals surface area contributed by atoms with Gasteiger partial charge in [0.2, 0.25) is 0 Å². The van der Waals surface area contributed by atoms with E-state index in [1.807, 2.05) is 0 Å². The molecule has 1 heterocycles. The van der Waals surface area contributed by atoms with Gasteiger partial charge >= 0.3 is 0 Å². The van der Waals surface area contributed by atoms with E-state index in [1.165, 1.54) is 24.8 Å². The van der Waals surface area contributed by atoms with Crippen molar-refractivity contribution in [2.24, 2.45) is 0 Å². The molecule has 2 nitrogen and oxygen atoms in total. The number of aryl methyl sites for hydroxylation is 1. The molecule has 1 saturated heterocycles. The van der Waals surface area contributed by atoms with E-state index >= 15 is 0 Å². The van der Waals surface area contributed by atoms with E-state index in [-0.39, 0.29) is 5.54 Å². The van der Waals surface area contributed by atoms with Crippen LogP contribution in [0.25, 0.3) is 0 Å². The minimum Gasteiger partial charge on any atom is -0.381 e. The van der Waals surface area contributed by atoms with Gasteiger partial charge in [-0.2, -0.15) is 0 Å². The monoisotopic (exact) mass is 281 g/mol. The van der Waals surface area contributed by atoms with Crippen LogP contribution < -0.4 is 5.32 Å². The number of ether oxygens (including phenoxy) is 1. The zero-order chi connectivity index (χ0) is 13.4. The Kier molecular flexibility index (Phi) is 6.15. The maximum absolute atomic E-state index is 6.13. The van der Waals surface area contributed by atoms with Crippen LogP contribution >= 0.6 is 11.6 Å². The Bertz CT molecular complexity index is 349. The number of rotatable bonds is 7. The van der Waals surface area contributed by atoms with Gasteiger partial charge in [0.1, 0.15) is 0 Å². The molecule has 1 aliphatic rings. The second-order valence-corrected chi connectivity index (χ2v) is 5.66. The molecule has 0 aliphatic carbocycles. The number of unbranched alkanes of at least 4 members (excludes halogenated alkanes) is 1. The van der Waals surface area contributed by atoms with Gasteiger partial charge < -0.3 is 10.1 Å². The second-order valence-electron chi connectivity index (χ2n) is 5.40. The molecule has 0 spiro atoms. The van der Waals surface area contributed by atoms with Crippen molar-refractivity contribution >= 4 is 11.6 Å². The summed E-state index contributed by atoms with van der Waals surface area (Å²) in [6.07, 6.45) is 5.67. The third-order valence-corrected chi connectivity index (χ3v) is 4.45. The first-order valence-corrected chi connectivity index (χ1v) is 7.81. The largest absolute Gasteiger partial charge is 0.381 e. The summed E-state index contributed by atoms with van der Waals surface area (Å²) in [5.74, 6) is 0.690. The molecule has 19 heavy (non-hydrogen) atoms. The van der Waals surface area contributed by atoms with E-state index in [9.17, 15) is 0 Å². The van der Waals surface area contributed by atoms with Crippen molar-refractivity contribution in [1.82, 2.24) is 5.32 Å². The molecule has 106 valence electrons. The van der Waals surface area contributed by atoms with Crippen LogP contribution in [0.5, 0.6) is 0 Å². The predicted octanol–water partition coefficient (Wildman–Crippen LogP) is 3.39. The Labute approximate surface area is 121 Å². The fraction of sp³-hybridized carbons (Fsp3) is 0.625. The topological polar surface area (TPSA) is 21.3 Å². The highest BCUT2D eigenvalue weighted by Gasteiger charge is 2.30. The van der Waals surface area contributed by atoms with Gasteiger partial charge in [-0.25, -0.2) is 0 Å². The SMILES string of the molecule is ClCC1(NCCCCc2ccccc2)CCOCC1. The molecule has 1 N–H and O–H groups in total. The zero-order valence-electron chi connectivity index (χ0n) is 11.5. The quantitative estimate of drug-likeness (QED) is 0.611. The first-order chi connectivity index (χ1) is 9.35. The van der Waals surface area contributed by atoms with E-state index < -0.39 is 0 Å². The molecule has 0 amide bonds. The first-order valence-electron chi connectivity index (χ1n) is 7.27. The van der Waals surface area contributed by atoms with E-state index in [2.05, 4.69) is 35.6 Å². The summed E-state index contributed by atoms with van der Waals surface area (Å²) in [5.41, 5.74) is 1.55. The molecule has 0 unspecified atom stereocenters. The van der Waals surface area contributed by atoms with Gasteiger partial charge in [-0.15, -0.1) is 11.6 Å². The Morgan fingerprint density at radius 2 is 1.84 bits per heavy atom. The van der Waals surface area contributed by atoms with Gasteiger partial charge in [-0.3, -0.25) is 0 Å². The number of alkyl halides is 1. The average Bonchev–Trinajstić information content (AvgIpc) is 2.49. The van der Waals surface area contributed by atoms with Crippen LogP contribution in [0.2, 0.25) is 0 Å². The van der Waals surface area contributed by atoms with Crippen LogP contribution in [0.4, 0.5) is 0 Å². The van der Waals surface area contributed by atoms with Crippen molar-refractivity contribution in [1.29, 1.82) is 0 Å². The smallest absolute Gasteiger partial charge is 0.0484 e. The summed E-state index contributed by atoms with van der Waals surface area (Å²) in [6, 6.07) is 10.7. The summed E-state index contributed by atoms with van der Waals surface area (Å²) in [4.78, 5) is 0. The van der Waals surface area contributed by atoms with E-state index in [4.69, 9.17) is 16.3 Å². The third-order valence-electron chi connectivity index (χ3n) is 3.94. The van der Waals surface area contributed by atoms with Crippen LogP contribution in [0.15, 0.2) is 30.3 Å². The fourth-order valence-electron chi connectivity index (χ4n) is 2.57. The summed E-state index contributed by atoms with van der Waals surface area (Å²) < 4.78 is 5.41. The van der Waals surface area contributed by atoms with Crippen molar-refractivity contribution < 1.29 is 4.74 Å². The molecule has 3 heteroatoms. The van der Waals surface area contributed by atoms with Crippen molar-refractivity contribution in [3.63, 3.8) is 0 Å². The van der Waals surface area contributed by atoms with Crippen LogP contribution in [-0.4, -0.2) is 31.2 Å². The lowest BCUT2D eigenvalue weighted by atomic mass is 9.92. The molecular weight excluding hydrogens is 258 g/mol. The van der Waals surface area contributed by atoms with Gasteiger partial charge in [0, 0.05) is 24.6 Å². The van der Waals surface area contributed by atoms with Crippen molar-refractivity contribution in [2.45, 2.75) is 37.6 Å². The van der Waals surface area contributed by atoms with Crippen molar-refractivity contribution in [2.75, 3.05) is 25.6 Å². The Balaban J connectivity index is 1.63. The molecular formula is C16H24ClNO. The molecule has 1 aliphatic heterocycles. The zero-order valence-corrected chi connectivity index (χ0v) is 12.3. The lowest BCUT2D eigenvalue weighted by Crippen LogP contribution is -2.51. The fourth-order valence-corrected chi connectivity index (χ4v) is 2.93. The number of nitrogens with one attached hydrogen (secondary N) is 1. The van der Waals surface area contributed by atoms with Gasteiger partial charge in [0.25, 0.3) is 0 Å². The molecule has 0 atom stereocenters. The van der Waals surface area contributed by atoms with Gasteiger partial charge in [0.05, 0.1) is 0 Å². The molecule has 0 bridgehead atoms. The maximum atomic E-state index is 6.13. The van der Waals surface area contributed by atoms with Gasteiger partial charge in [-0.05, 0) is 44.2 Å². The Morgan fingerprint density at radius 3 is 2.53 bits per heavy atom. The highest BCUT2D eigenvalue weighted by atomic mass is 35.5. The standard InChI is InChI=1S/C16H24ClNO/c17-14-16(9-12-19-13-10-16)18-11-5-4-8-15-6-2-1-3-7-15/h1-3,6-7,18H,4-5,8-14H2. The summed E-state index contributed by atoms with van der Waals surface area (Å²) in [5, 5.41) is 3.66. The van der Waals surface area contributed by atoms with E-state index in [0.717, 1.165) is 32.6 Å². The summed E-state index contributed by atoms with van der Waals surface area (Å²) >= 11 is 6.13. The summed E-state index contributed by atoms with van der Waals surface area (Å²) in [6.45, 7) is 2.73. The average molecular weight is 282 g/mol. The minimum atomic E-state index is 0.118. The molecule has 1 fully saturated rings. The molecule has 2 rings (SSSR count).